The number of nitrogens with zero attached hydrogens (tertiary/aromatic N) is 2. The van der Waals surface area contributed by atoms with Crippen LogP contribution < -0.4 is 0 Å². The Balaban J connectivity index is 1.59. The molecule has 1 atom stereocenters. The molecule has 3 saturated heterocycles. The van der Waals surface area contributed by atoms with Crippen molar-refractivity contribution in [1.29, 1.82) is 0 Å². The normalized spacial score (nSPS) is 31.3. The Morgan fingerprint density at radius 2 is 1.95 bits per heavy atom. The molecule has 3 rings (SSSR count). The van der Waals surface area contributed by atoms with Gasteiger partial charge in [0, 0.05) is 13.0 Å². The summed E-state index contributed by atoms with van der Waals surface area (Å²) in [7, 11) is -3.14. The van der Waals surface area contributed by atoms with Crippen molar-refractivity contribution >= 4 is 15.7 Å². The van der Waals surface area contributed by atoms with Gasteiger partial charge in [-0.3, -0.25) is 4.79 Å². The molecule has 0 unspecified atom stereocenters. The van der Waals surface area contributed by atoms with Crippen LogP contribution in [0.25, 0.3) is 0 Å². The Bertz CT molecular complexity index is 507. The van der Waals surface area contributed by atoms with Crippen LogP contribution in [0.15, 0.2) is 0 Å². The average Bonchev–Trinajstić information content (AvgIpc) is 2.90. The molecule has 0 aromatic rings. The number of sulfone groups is 1. The number of ether oxygens (including phenoxy) is 1. The maximum absolute atomic E-state index is 12.5. The Kier molecular flexibility index (Phi) is 4.00. The first-order valence-electron chi connectivity index (χ1n) is 7.80. The molecular formula is C14H24N2O4S. The van der Waals surface area contributed by atoms with Crippen LogP contribution in [0.2, 0.25) is 0 Å². The summed E-state index contributed by atoms with van der Waals surface area (Å²) in [5, 5.41) is -0.405. The third-order valence-corrected chi connectivity index (χ3v) is 7.05. The predicted octanol–water partition coefficient (Wildman–Crippen LogP) is -0.113. The Hall–Kier alpha value is -0.660. The fraction of sp³-hybridized carbons (Fsp3) is 0.929. The number of hydrogen-bond donors (Lipinski definition) is 0. The van der Waals surface area contributed by atoms with Crippen LogP contribution in [-0.4, -0.2) is 80.1 Å². The highest BCUT2D eigenvalue weighted by Gasteiger charge is 2.53. The summed E-state index contributed by atoms with van der Waals surface area (Å²) in [4.78, 5) is 15.5. The van der Waals surface area contributed by atoms with Crippen molar-refractivity contribution in [1.82, 2.24) is 9.80 Å². The van der Waals surface area contributed by atoms with Crippen molar-refractivity contribution in [3.63, 3.8) is 0 Å². The maximum Gasteiger partial charge on any atom is 0.222 e. The van der Waals surface area contributed by atoms with Gasteiger partial charge in [-0.2, -0.15) is 0 Å². The molecule has 0 aromatic carbocycles. The second-order valence-corrected chi connectivity index (χ2v) is 8.82. The van der Waals surface area contributed by atoms with Gasteiger partial charge in [-0.1, -0.05) is 6.92 Å². The zero-order chi connectivity index (χ0) is 15.1. The lowest BCUT2D eigenvalue weighted by Crippen LogP contribution is -2.71. The van der Waals surface area contributed by atoms with Gasteiger partial charge in [0.25, 0.3) is 0 Å². The van der Waals surface area contributed by atoms with Crippen LogP contribution in [0.3, 0.4) is 0 Å². The van der Waals surface area contributed by atoms with E-state index in [1.807, 2.05) is 6.92 Å². The van der Waals surface area contributed by atoms with E-state index in [9.17, 15) is 13.2 Å². The fourth-order valence-electron chi connectivity index (χ4n) is 3.55. The number of carbonyl (C=O) groups is 1. The summed E-state index contributed by atoms with van der Waals surface area (Å²) in [6, 6.07) is 0. The molecule has 7 heteroatoms. The van der Waals surface area contributed by atoms with E-state index in [2.05, 4.69) is 4.90 Å². The fourth-order valence-corrected chi connectivity index (χ4v) is 5.50. The summed E-state index contributed by atoms with van der Waals surface area (Å²) < 4.78 is 30.9. The zero-order valence-corrected chi connectivity index (χ0v) is 13.4. The van der Waals surface area contributed by atoms with Gasteiger partial charge in [-0.25, -0.2) is 8.42 Å². The zero-order valence-electron chi connectivity index (χ0n) is 12.6. The Morgan fingerprint density at radius 1 is 1.29 bits per heavy atom. The van der Waals surface area contributed by atoms with Crippen LogP contribution in [-0.2, 0) is 19.4 Å². The summed E-state index contributed by atoms with van der Waals surface area (Å²) in [6.07, 6.45) is 2.78. The minimum atomic E-state index is -3.14. The van der Waals surface area contributed by atoms with Crippen LogP contribution in [0, 0.1) is 0 Å². The standard InChI is InChI=1S/C14H24N2O4S/c1-2-13(17)16-9-14(10-16)11-21(18,19)12(8-20-14)7-15-5-3-4-6-15/h12H,2-11H2,1H3/t12-/m0/s1. The van der Waals surface area contributed by atoms with Gasteiger partial charge in [0.2, 0.25) is 5.91 Å². The van der Waals surface area contributed by atoms with E-state index in [-0.39, 0.29) is 18.3 Å². The Labute approximate surface area is 126 Å². The van der Waals surface area contributed by atoms with Crippen molar-refractivity contribution in [3.8, 4) is 0 Å². The summed E-state index contributed by atoms with van der Waals surface area (Å²) in [5.74, 6) is 0.132. The molecule has 0 bridgehead atoms. The molecule has 3 fully saturated rings. The molecule has 21 heavy (non-hydrogen) atoms. The van der Waals surface area contributed by atoms with Gasteiger partial charge in [0.15, 0.2) is 9.84 Å². The number of amides is 1. The first-order chi connectivity index (χ1) is 9.94. The molecule has 3 aliphatic heterocycles. The third kappa shape index (κ3) is 2.96. The topological polar surface area (TPSA) is 66.9 Å². The molecule has 1 spiro atoms. The highest BCUT2D eigenvalue weighted by atomic mass is 32.2. The van der Waals surface area contributed by atoms with E-state index < -0.39 is 20.7 Å². The molecule has 0 saturated carbocycles. The Morgan fingerprint density at radius 3 is 2.52 bits per heavy atom. The second kappa shape index (κ2) is 5.52. The lowest BCUT2D eigenvalue weighted by Gasteiger charge is -2.52. The summed E-state index contributed by atoms with van der Waals surface area (Å²) in [5.41, 5.74) is -0.634. The first kappa shape index (κ1) is 15.2. The van der Waals surface area contributed by atoms with Crippen molar-refractivity contribution < 1.29 is 17.9 Å². The van der Waals surface area contributed by atoms with Crippen LogP contribution in [0.5, 0.6) is 0 Å². The molecular weight excluding hydrogens is 292 g/mol. The van der Waals surface area contributed by atoms with Gasteiger partial charge >= 0.3 is 0 Å². The van der Waals surface area contributed by atoms with Gasteiger partial charge in [0.05, 0.1) is 30.7 Å². The van der Waals surface area contributed by atoms with E-state index >= 15 is 0 Å². The molecule has 120 valence electrons. The molecule has 0 aromatic heterocycles. The lowest BCUT2D eigenvalue weighted by atomic mass is 9.95. The minimum absolute atomic E-state index is 0.0615. The van der Waals surface area contributed by atoms with E-state index in [0.717, 1.165) is 25.9 Å². The van der Waals surface area contributed by atoms with Crippen LogP contribution in [0.1, 0.15) is 26.2 Å². The number of rotatable bonds is 3. The average molecular weight is 316 g/mol. The highest BCUT2D eigenvalue weighted by Crippen LogP contribution is 2.33. The quantitative estimate of drug-likeness (QED) is 0.727. The van der Waals surface area contributed by atoms with Gasteiger partial charge in [0.1, 0.15) is 5.60 Å². The van der Waals surface area contributed by atoms with Crippen molar-refractivity contribution in [2.45, 2.75) is 37.0 Å². The third-order valence-electron chi connectivity index (χ3n) is 4.82. The first-order valence-corrected chi connectivity index (χ1v) is 9.51. The second-order valence-electron chi connectivity index (χ2n) is 6.53. The molecule has 3 heterocycles. The molecule has 0 N–H and O–H groups in total. The van der Waals surface area contributed by atoms with Crippen LogP contribution >= 0.6 is 0 Å². The number of carbonyl (C=O) groups excluding carboxylic acids is 1. The monoisotopic (exact) mass is 316 g/mol. The van der Waals surface area contributed by atoms with E-state index in [4.69, 9.17) is 4.74 Å². The molecule has 3 aliphatic rings. The van der Waals surface area contributed by atoms with E-state index in [1.54, 1.807) is 4.90 Å². The minimum Gasteiger partial charge on any atom is -0.369 e. The summed E-state index contributed by atoms with van der Waals surface area (Å²) >= 11 is 0. The van der Waals surface area contributed by atoms with Gasteiger partial charge < -0.3 is 14.5 Å². The van der Waals surface area contributed by atoms with E-state index in [1.165, 1.54) is 0 Å². The molecule has 1 amide bonds. The lowest BCUT2D eigenvalue weighted by molar-refractivity contribution is -0.165. The predicted molar refractivity (Wildman–Crippen MR) is 78.8 cm³/mol. The summed E-state index contributed by atoms with van der Waals surface area (Å²) in [6.45, 7) is 5.53. The van der Waals surface area contributed by atoms with Gasteiger partial charge in [-0.05, 0) is 25.9 Å². The SMILES string of the molecule is CCC(=O)N1CC2(C1)CS(=O)(=O)[C@@H](CN1CCCC1)CO2. The molecule has 0 aliphatic carbocycles. The van der Waals surface area contributed by atoms with Crippen molar-refractivity contribution in [2.75, 3.05) is 45.1 Å². The highest BCUT2D eigenvalue weighted by molar-refractivity contribution is 7.92. The van der Waals surface area contributed by atoms with Crippen molar-refractivity contribution in [2.24, 2.45) is 0 Å². The molecule has 0 radical (unpaired) electrons. The van der Waals surface area contributed by atoms with Gasteiger partial charge in [-0.15, -0.1) is 0 Å². The number of hydrogen-bond acceptors (Lipinski definition) is 5. The number of likely N-dealkylation sites (tertiary alicyclic amines) is 2. The maximum atomic E-state index is 12.5. The smallest absolute Gasteiger partial charge is 0.222 e. The van der Waals surface area contributed by atoms with Crippen LogP contribution in [0.4, 0.5) is 0 Å². The van der Waals surface area contributed by atoms with E-state index in [0.29, 0.717) is 26.1 Å². The largest absolute Gasteiger partial charge is 0.369 e. The molecule has 6 nitrogen and oxygen atoms in total. The van der Waals surface area contributed by atoms with Crippen molar-refractivity contribution in [3.05, 3.63) is 0 Å².